The van der Waals surface area contributed by atoms with E-state index in [2.05, 4.69) is 15.2 Å². The van der Waals surface area contributed by atoms with Crippen molar-refractivity contribution in [2.75, 3.05) is 19.6 Å². The summed E-state index contributed by atoms with van der Waals surface area (Å²) in [6.07, 6.45) is 10.2. The lowest BCUT2D eigenvalue weighted by molar-refractivity contribution is 0.0788. The Bertz CT molecular complexity index is 632. The molecule has 1 aliphatic carbocycles. The first-order valence-corrected chi connectivity index (χ1v) is 9.49. The molecule has 134 valence electrons. The van der Waals surface area contributed by atoms with Crippen LogP contribution in [-0.4, -0.2) is 58.4 Å². The Morgan fingerprint density at radius 2 is 2.00 bits per heavy atom. The third kappa shape index (κ3) is 3.34. The molecule has 6 nitrogen and oxygen atoms in total. The molecular formula is C19H26N4O2. The lowest BCUT2D eigenvalue weighted by Gasteiger charge is -2.37. The van der Waals surface area contributed by atoms with Crippen molar-refractivity contribution >= 4 is 11.9 Å². The van der Waals surface area contributed by atoms with Crippen molar-refractivity contribution in [1.29, 1.82) is 0 Å². The van der Waals surface area contributed by atoms with Gasteiger partial charge in [0.1, 0.15) is 0 Å². The largest absolute Gasteiger partial charge is 0.336 e. The lowest BCUT2D eigenvalue weighted by atomic mass is 9.79. The summed E-state index contributed by atoms with van der Waals surface area (Å²) in [7, 11) is 0. The van der Waals surface area contributed by atoms with E-state index in [1.807, 2.05) is 4.90 Å². The third-order valence-corrected chi connectivity index (χ3v) is 5.97. The average molecular weight is 342 g/mol. The van der Waals surface area contributed by atoms with Crippen molar-refractivity contribution in [3.63, 3.8) is 0 Å². The normalized spacial score (nSPS) is 26.6. The van der Waals surface area contributed by atoms with Gasteiger partial charge in [-0.05, 0) is 50.2 Å². The summed E-state index contributed by atoms with van der Waals surface area (Å²) < 4.78 is 0. The third-order valence-electron chi connectivity index (χ3n) is 5.97. The maximum atomic E-state index is 12.7. The van der Waals surface area contributed by atoms with E-state index in [1.165, 1.54) is 19.3 Å². The minimum Gasteiger partial charge on any atom is -0.336 e. The van der Waals surface area contributed by atoms with Gasteiger partial charge >= 0.3 is 6.03 Å². The number of amides is 3. The molecule has 2 atom stereocenters. The van der Waals surface area contributed by atoms with Crippen LogP contribution in [-0.2, 0) is 0 Å². The van der Waals surface area contributed by atoms with Crippen LogP contribution < -0.4 is 5.32 Å². The fourth-order valence-electron chi connectivity index (χ4n) is 4.35. The van der Waals surface area contributed by atoms with Gasteiger partial charge in [-0.1, -0.05) is 6.42 Å². The van der Waals surface area contributed by atoms with E-state index in [0.717, 1.165) is 25.8 Å². The van der Waals surface area contributed by atoms with Crippen molar-refractivity contribution in [3.05, 3.63) is 30.1 Å². The molecule has 1 N–H and O–H groups in total. The van der Waals surface area contributed by atoms with Gasteiger partial charge in [-0.2, -0.15) is 0 Å². The predicted octanol–water partition coefficient (Wildman–Crippen LogP) is 2.27. The molecule has 0 unspecified atom stereocenters. The Morgan fingerprint density at radius 1 is 1.12 bits per heavy atom. The van der Waals surface area contributed by atoms with Crippen molar-refractivity contribution in [2.45, 2.75) is 50.6 Å². The Hall–Kier alpha value is -2.11. The maximum absolute atomic E-state index is 12.7. The van der Waals surface area contributed by atoms with Crippen molar-refractivity contribution in [3.8, 4) is 0 Å². The highest BCUT2D eigenvalue weighted by atomic mass is 16.2. The van der Waals surface area contributed by atoms with Gasteiger partial charge in [-0.3, -0.25) is 9.78 Å². The monoisotopic (exact) mass is 342 g/mol. The Morgan fingerprint density at radius 3 is 2.72 bits per heavy atom. The highest BCUT2D eigenvalue weighted by Crippen LogP contribution is 2.37. The molecule has 3 aliphatic rings. The Labute approximate surface area is 148 Å². The first kappa shape index (κ1) is 16.4. The standard InChI is InChI=1S/C19H26N4O2/c24-18(15-6-2-9-20-12-15)22-11-8-16(13-22)21-19(25)23-10-3-7-17(23)14-4-1-5-14/h2,6,9,12,14,16-17H,1,3-5,7-8,10-11,13H2,(H,21,25)/t16-,17+/m1/s1. The molecule has 0 bridgehead atoms. The van der Waals surface area contributed by atoms with Crippen LogP contribution in [0, 0.1) is 5.92 Å². The number of pyridine rings is 1. The summed E-state index contributed by atoms with van der Waals surface area (Å²) in [5.74, 6) is 0.707. The second-order valence-electron chi connectivity index (χ2n) is 7.52. The summed E-state index contributed by atoms with van der Waals surface area (Å²) in [6, 6.07) is 4.11. The van der Waals surface area contributed by atoms with Gasteiger partial charge in [0, 0.05) is 44.1 Å². The van der Waals surface area contributed by atoms with E-state index >= 15 is 0 Å². The molecular weight excluding hydrogens is 316 g/mol. The van der Waals surface area contributed by atoms with Crippen LogP contribution in [0.5, 0.6) is 0 Å². The smallest absolute Gasteiger partial charge is 0.317 e. The molecule has 1 saturated carbocycles. The van der Waals surface area contributed by atoms with Gasteiger partial charge in [0.2, 0.25) is 0 Å². The molecule has 0 spiro atoms. The highest BCUT2D eigenvalue weighted by molar-refractivity contribution is 5.94. The molecule has 3 amide bonds. The molecule has 2 aliphatic heterocycles. The second kappa shape index (κ2) is 7.02. The predicted molar refractivity (Wildman–Crippen MR) is 94.1 cm³/mol. The van der Waals surface area contributed by atoms with Gasteiger partial charge in [-0.15, -0.1) is 0 Å². The van der Waals surface area contributed by atoms with Gasteiger partial charge in [-0.25, -0.2) is 4.79 Å². The fourth-order valence-corrected chi connectivity index (χ4v) is 4.35. The summed E-state index contributed by atoms with van der Waals surface area (Å²) >= 11 is 0. The van der Waals surface area contributed by atoms with Crippen LogP contribution in [0.2, 0.25) is 0 Å². The van der Waals surface area contributed by atoms with Crippen molar-refractivity contribution in [2.24, 2.45) is 5.92 Å². The number of urea groups is 1. The van der Waals surface area contributed by atoms with Crippen LogP contribution in [0.25, 0.3) is 0 Å². The van der Waals surface area contributed by atoms with Crippen LogP contribution in [0.1, 0.15) is 48.9 Å². The van der Waals surface area contributed by atoms with E-state index in [0.29, 0.717) is 30.6 Å². The number of carbonyl (C=O) groups is 2. The van der Waals surface area contributed by atoms with Crippen LogP contribution in [0.3, 0.4) is 0 Å². The first-order valence-electron chi connectivity index (χ1n) is 9.49. The number of hydrogen-bond acceptors (Lipinski definition) is 3. The maximum Gasteiger partial charge on any atom is 0.317 e. The fraction of sp³-hybridized carbons (Fsp3) is 0.632. The Kier molecular flexibility index (Phi) is 4.59. The zero-order valence-electron chi connectivity index (χ0n) is 14.6. The highest BCUT2D eigenvalue weighted by Gasteiger charge is 2.38. The zero-order valence-corrected chi connectivity index (χ0v) is 14.6. The average Bonchev–Trinajstić information content (AvgIpc) is 3.23. The molecule has 3 fully saturated rings. The minimum atomic E-state index is -0.00151. The zero-order chi connectivity index (χ0) is 17.2. The summed E-state index contributed by atoms with van der Waals surface area (Å²) in [4.78, 5) is 33.1. The van der Waals surface area contributed by atoms with Crippen LogP contribution in [0.4, 0.5) is 4.79 Å². The molecule has 2 saturated heterocycles. The number of carbonyl (C=O) groups excluding carboxylic acids is 2. The number of nitrogens with one attached hydrogen (secondary N) is 1. The molecule has 1 aromatic rings. The van der Waals surface area contributed by atoms with E-state index in [4.69, 9.17) is 0 Å². The number of rotatable bonds is 3. The second-order valence-corrected chi connectivity index (χ2v) is 7.52. The molecule has 25 heavy (non-hydrogen) atoms. The number of aromatic nitrogens is 1. The van der Waals surface area contributed by atoms with Gasteiger partial charge in [0.25, 0.3) is 5.91 Å². The molecule has 4 rings (SSSR count). The quantitative estimate of drug-likeness (QED) is 0.916. The van der Waals surface area contributed by atoms with Crippen molar-refractivity contribution in [1.82, 2.24) is 20.1 Å². The topological polar surface area (TPSA) is 65.5 Å². The van der Waals surface area contributed by atoms with E-state index in [1.54, 1.807) is 24.5 Å². The number of likely N-dealkylation sites (tertiary alicyclic amines) is 2. The van der Waals surface area contributed by atoms with Gasteiger partial charge < -0.3 is 15.1 Å². The number of nitrogens with zero attached hydrogens (tertiary/aromatic N) is 3. The summed E-state index contributed by atoms with van der Waals surface area (Å²) in [6.45, 7) is 2.14. The van der Waals surface area contributed by atoms with E-state index in [-0.39, 0.29) is 18.0 Å². The van der Waals surface area contributed by atoms with Gasteiger partial charge in [0.05, 0.1) is 5.56 Å². The van der Waals surface area contributed by atoms with E-state index < -0.39 is 0 Å². The van der Waals surface area contributed by atoms with Crippen molar-refractivity contribution < 1.29 is 9.59 Å². The summed E-state index contributed by atoms with van der Waals surface area (Å²) in [5.41, 5.74) is 0.610. The van der Waals surface area contributed by atoms with Crippen LogP contribution in [0.15, 0.2) is 24.5 Å². The molecule has 1 aromatic heterocycles. The molecule has 0 radical (unpaired) electrons. The lowest BCUT2D eigenvalue weighted by Crippen LogP contribution is -2.50. The minimum absolute atomic E-state index is 0.00151. The first-order chi connectivity index (χ1) is 12.2. The summed E-state index contributed by atoms with van der Waals surface area (Å²) in [5, 5.41) is 3.17. The molecule has 3 heterocycles. The SMILES string of the molecule is O=C(c1cccnc1)N1CC[C@@H](NC(=O)N2CCC[C@H]2C2CCC2)C1. The molecule has 0 aromatic carbocycles. The van der Waals surface area contributed by atoms with Gasteiger partial charge in [0.15, 0.2) is 0 Å². The van der Waals surface area contributed by atoms with E-state index in [9.17, 15) is 9.59 Å². The number of hydrogen-bond donors (Lipinski definition) is 1. The van der Waals surface area contributed by atoms with Crippen LogP contribution >= 0.6 is 0 Å². The Balaban J connectivity index is 1.31. The molecule has 6 heteroatoms.